The van der Waals surface area contributed by atoms with Gasteiger partial charge in [0.25, 0.3) is 0 Å². The number of hydrogen-bond donors (Lipinski definition) is 1. The molecule has 1 heterocycles. The highest BCUT2D eigenvalue weighted by molar-refractivity contribution is 5.93. The van der Waals surface area contributed by atoms with Gasteiger partial charge in [0.1, 0.15) is 5.52 Å². The molecular formula is C20H25N3O. The maximum Gasteiger partial charge on any atom is 0.316 e. The van der Waals surface area contributed by atoms with Gasteiger partial charge in [0.15, 0.2) is 5.58 Å². The molecule has 1 N–H and O–H groups in total. The zero-order valence-corrected chi connectivity index (χ0v) is 14.8. The molecule has 1 aliphatic carbocycles. The molecule has 0 saturated carbocycles. The molecule has 0 aliphatic heterocycles. The summed E-state index contributed by atoms with van der Waals surface area (Å²) >= 11 is 0. The fraction of sp³-hybridized carbons (Fsp3) is 0.400. The fourth-order valence-electron chi connectivity index (χ4n) is 3.31. The number of allylic oxidation sites excluding steroid dienone is 4. The van der Waals surface area contributed by atoms with E-state index >= 15 is 0 Å². The van der Waals surface area contributed by atoms with Gasteiger partial charge >= 0.3 is 6.01 Å². The Balaban J connectivity index is 1.69. The van der Waals surface area contributed by atoms with Gasteiger partial charge in [-0.3, -0.25) is 0 Å². The molecule has 4 heteroatoms. The number of hydrogen-bond acceptors (Lipinski definition) is 4. The number of oxazole rings is 1. The summed E-state index contributed by atoms with van der Waals surface area (Å²) in [4.78, 5) is 4.35. The molecule has 0 saturated heterocycles. The first kappa shape index (κ1) is 16.5. The third kappa shape index (κ3) is 3.58. The minimum atomic E-state index is 0.295. The third-order valence-corrected chi connectivity index (χ3v) is 4.74. The van der Waals surface area contributed by atoms with Gasteiger partial charge in [-0.15, -0.1) is 0 Å². The summed E-state index contributed by atoms with van der Waals surface area (Å²) in [5.74, 6) is 0.459. The van der Waals surface area contributed by atoms with Crippen LogP contribution in [-0.4, -0.2) is 10.7 Å². The molecule has 3 rings (SSSR count). The zero-order chi connectivity index (χ0) is 17.2. The van der Waals surface area contributed by atoms with Crippen molar-refractivity contribution in [3.8, 4) is 0 Å². The third-order valence-electron chi connectivity index (χ3n) is 4.74. The highest BCUT2D eigenvalue weighted by atomic mass is 16.4. The van der Waals surface area contributed by atoms with Gasteiger partial charge in [-0.2, -0.15) is 10.1 Å². The molecule has 24 heavy (non-hydrogen) atoms. The Labute approximate surface area is 143 Å². The number of nitrogens with zero attached hydrogens (tertiary/aromatic N) is 2. The van der Waals surface area contributed by atoms with Crippen LogP contribution in [0, 0.1) is 11.3 Å². The number of rotatable bonds is 4. The van der Waals surface area contributed by atoms with Crippen LogP contribution in [0.3, 0.4) is 0 Å². The smallest absolute Gasteiger partial charge is 0.316 e. The summed E-state index contributed by atoms with van der Waals surface area (Å²) in [7, 11) is 0. The number of hydrazone groups is 1. The van der Waals surface area contributed by atoms with Crippen LogP contribution >= 0.6 is 0 Å². The number of anilines is 1. The average molecular weight is 323 g/mol. The van der Waals surface area contributed by atoms with Crippen LogP contribution in [0.1, 0.15) is 40.5 Å². The molecule has 1 aromatic heterocycles. The largest absolute Gasteiger partial charge is 0.422 e. The van der Waals surface area contributed by atoms with E-state index in [1.165, 1.54) is 18.4 Å². The van der Waals surface area contributed by atoms with Crippen molar-refractivity contribution >= 4 is 22.8 Å². The Morgan fingerprint density at radius 2 is 2.17 bits per heavy atom. The maximum atomic E-state index is 5.60. The van der Waals surface area contributed by atoms with Crippen molar-refractivity contribution < 1.29 is 4.42 Å². The molecule has 0 bridgehead atoms. The van der Waals surface area contributed by atoms with Crippen molar-refractivity contribution in [2.45, 2.75) is 40.5 Å². The quantitative estimate of drug-likeness (QED) is 0.455. The summed E-state index contributed by atoms with van der Waals surface area (Å²) in [6, 6.07) is 8.09. The van der Waals surface area contributed by atoms with E-state index in [1.807, 2.05) is 31.2 Å². The summed E-state index contributed by atoms with van der Waals surface area (Å²) < 4.78 is 5.60. The summed E-state index contributed by atoms with van der Waals surface area (Å²) in [5, 5.41) is 4.35. The molecule has 4 nitrogen and oxygen atoms in total. The Hall–Kier alpha value is -2.36. The van der Waals surface area contributed by atoms with E-state index in [0.717, 1.165) is 16.8 Å². The van der Waals surface area contributed by atoms with Crippen LogP contribution in [0.2, 0.25) is 0 Å². The predicted octanol–water partition coefficient (Wildman–Crippen LogP) is 5.55. The van der Waals surface area contributed by atoms with Gasteiger partial charge in [-0.05, 0) is 50.3 Å². The van der Waals surface area contributed by atoms with Gasteiger partial charge in [0.2, 0.25) is 0 Å². The number of para-hydroxylation sites is 2. The van der Waals surface area contributed by atoms with E-state index in [1.54, 1.807) is 0 Å². The van der Waals surface area contributed by atoms with Crippen molar-refractivity contribution in [2.75, 3.05) is 5.43 Å². The Bertz CT molecular complexity index is 778. The molecular weight excluding hydrogens is 298 g/mol. The Kier molecular flexibility index (Phi) is 4.56. The summed E-state index contributed by atoms with van der Waals surface area (Å²) in [5.41, 5.74) is 7.12. The Morgan fingerprint density at radius 3 is 2.92 bits per heavy atom. The van der Waals surface area contributed by atoms with Gasteiger partial charge in [0, 0.05) is 5.92 Å². The molecule has 0 spiro atoms. The highest BCUT2D eigenvalue weighted by Crippen LogP contribution is 2.41. The van der Waals surface area contributed by atoms with E-state index in [4.69, 9.17) is 4.42 Å². The topological polar surface area (TPSA) is 50.4 Å². The molecule has 0 amide bonds. The lowest BCUT2D eigenvalue weighted by molar-refractivity contribution is 0.255. The molecule has 126 valence electrons. The lowest BCUT2D eigenvalue weighted by Gasteiger charge is -2.36. The number of nitrogens with one attached hydrogen (secondary N) is 1. The van der Waals surface area contributed by atoms with E-state index in [9.17, 15) is 0 Å². The number of fused-ring (bicyclic) bond motifs is 1. The van der Waals surface area contributed by atoms with Crippen molar-refractivity contribution in [2.24, 2.45) is 16.4 Å². The first-order valence-corrected chi connectivity index (χ1v) is 8.46. The molecule has 0 fully saturated rings. The van der Waals surface area contributed by atoms with Gasteiger partial charge in [-0.25, -0.2) is 5.43 Å². The van der Waals surface area contributed by atoms with Gasteiger partial charge < -0.3 is 4.42 Å². The lowest BCUT2D eigenvalue weighted by Crippen LogP contribution is -2.26. The monoisotopic (exact) mass is 323 g/mol. The number of aromatic nitrogens is 1. The maximum absolute atomic E-state index is 5.60. The number of benzene rings is 1. The molecule has 0 radical (unpaired) electrons. The molecule has 2 aromatic rings. The summed E-state index contributed by atoms with van der Waals surface area (Å²) in [6.07, 6.45) is 9.08. The van der Waals surface area contributed by atoms with Crippen LogP contribution < -0.4 is 5.43 Å². The lowest BCUT2D eigenvalue weighted by atomic mass is 9.68. The van der Waals surface area contributed by atoms with Crippen LogP contribution in [0.5, 0.6) is 0 Å². The molecule has 1 atom stereocenters. The first-order valence-electron chi connectivity index (χ1n) is 8.46. The molecule has 1 unspecified atom stereocenters. The van der Waals surface area contributed by atoms with E-state index in [0.29, 0.717) is 17.3 Å². The second-order valence-corrected chi connectivity index (χ2v) is 7.16. The fourth-order valence-corrected chi connectivity index (χ4v) is 3.31. The van der Waals surface area contributed by atoms with E-state index in [2.05, 4.69) is 54.5 Å². The van der Waals surface area contributed by atoms with Gasteiger partial charge in [-0.1, -0.05) is 43.7 Å². The summed E-state index contributed by atoms with van der Waals surface area (Å²) in [6.45, 7) is 8.86. The second-order valence-electron chi connectivity index (χ2n) is 7.16. The van der Waals surface area contributed by atoms with Crippen molar-refractivity contribution in [3.63, 3.8) is 0 Å². The molecule has 1 aromatic carbocycles. The molecule has 1 aliphatic rings. The van der Waals surface area contributed by atoms with Gasteiger partial charge in [0.05, 0.1) is 5.71 Å². The second kappa shape index (κ2) is 6.63. The van der Waals surface area contributed by atoms with Crippen molar-refractivity contribution in [3.05, 3.63) is 48.1 Å². The first-order chi connectivity index (χ1) is 11.5. The SMILES string of the molecule is CC1=CCCC(C)(C)C1C=CC(C)=NNc1nc2ccccc2o1. The highest BCUT2D eigenvalue weighted by Gasteiger charge is 2.30. The zero-order valence-electron chi connectivity index (χ0n) is 14.8. The van der Waals surface area contributed by atoms with E-state index in [-0.39, 0.29) is 0 Å². The predicted molar refractivity (Wildman–Crippen MR) is 100 cm³/mol. The van der Waals surface area contributed by atoms with Crippen LogP contribution in [0.15, 0.2) is 57.6 Å². The van der Waals surface area contributed by atoms with Crippen LogP contribution in [-0.2, 0) is 0 Å². The standard InChI is InChI=1S/C20H25N3O/c1-14-8-7-13-20(3,4)16(14)12-11-15(2)22-23-19-21-17-9-5-6-10-18(17)24-19/h5-6,8-12,16H,7,13H2,1-4H3,(H,21,23). The van der Waals surface area contributed by atoms with Crippen molar-refractivity contribution in [1.82, 2.24) is 4.98 Å². The minimum Gasteiger partial charge on any atom is -0.422 e. The van der Waals surface area contributed by atoms with Crippen LogP contribution in [0.4, 0.5) is 6.01 Å². The van der Waals surface area contributed by atoms with Crippen LogP contribution in [0.25, 0.3) is 11.1 Å². The normalized spacial score (nSPS) is 21.2. The average Bonchev–Trinajstić information content (AvgIpc) is 2.94. The van der Waals surface area contributed by atoms with Crippen molar-refractivity contribution in [1.29, 1.82) is 0 Å². The Morgan fingerprint density at radius 1 is 1.38 bits per heavy atom. The minimum absolute atomic E-state index is 0.295. The van der Waals surface area contributed by atoms with E-state index < -0.39 is 0 Å².